The van der Waals surface area contributed by atoms with Crippen LogP contribution in [0.4, 0.5) is 4.39 Å². The lowest BCUT2D eigenvalue weighted by Crippen LogP contribution is -2.52. The van der Waals surface area contributed by atoms with Crippen LogP contribution in [-0.4, -0.2) is 47.7 Å². The Kier molecular flexibility index (Phi) is 5.63. The van der Waals surface area contributed by atoms with E-state index >= 15 is 0 Å². The fourth-order valence-electron chi connectivity index (χ4n) is 3.85. The number of halogens is 1. The Morgan fingerprint density at radius 2 is 1.80 bits per heavy atom. The van der Waals surface area contributed by atoms with Gasteiger partial charge in [-0.15, -0.1) is 0 Å². The van der Waals surface area contributed by atoms with Crippen LogP contribution in [0.25, 0.3) is 0 Å². The lowest BCUT2D eigenvalue weighted by molar-refractivity contribution is -0.123. The van der Waals surface area contributed by atoms with Crippen LogP contribution in [0, 0.1) is 12.7 Å². The number of carbonyl (C=O) groups is 2. The molecular weight excluding hydrogens is 383 g/mol. The summed E-state index contributed by atoms with van der Waals surface area (Å²) in [6, 6.07) is 13.9. The normalized spacial score (nSPS) is 18.2. The molecule has 1 spiro atoms. The van der Waals surface area contributed by atoms with Crippen molar-refractivity contribution in [2.24, 2.45) is 4.99 Å². The Balaban J connectivity index is 1.30. The summed E-state index contributed by atoms with van der Waals surface area (Å²) >= 11 is 0. The van der Waals surface area contributed by atoms with Crippen LogP contribution in [0.15, 0.2) is 53.5 Å². The maximum absolute atomic E-state index is 13.2. The van der Waals surface area contributed by atoms with Crippen LogP contribution in [0.1, 0.15) is 29.5 Å². The van der Waals surface area contributed by atoms with E-state index in [1.54, 1.807) is 12.1 Å². The van der Waals surface area contributed by atoms with Crippen LogP contribution in [0.2, 0.25) is 0 Å². The van der Waals surface area contributed by atoms with E-state index in [4.69, 9.17) is 0 Å². The molecule has 2 aromatic carbocycles. The predicted octanol–water partition coefficient (Wildman–Crippen LogP) is 2.16. The summed E-state index contributed by atoms with van der Waals surface area (Å²) in [4.78, 5) is 31.5. The molecule has 2 aromatic rings. The second-order valence-corrected chi connectivity index (χ2v) is 7.99. The van der Waals surface area contributed by atoms with E-state index in [2.05, 4.69) is 20.5 Å². The summed E-state index contributed by atoms with van der Waals surface area (Å²) in [6.07, 6.45) is 1.27. The Bertz CT molecular complexity index is 962. The monoisotopic (exact) mass is 408 g/mol. The summed E-state index contributed by atoms with van der Waals surface area (Å²) < 4.78 is 13.2. The topological polar surface area (TPSA) is 73.8 Å². The number of hydrogen-bond acceptors (Lipinski definition) is 4. The van der Waals surface area contributed by atoms with Gasteiger partial charge in [0.25, 0.3) is 5.91 Å². The van der Waals surface area contributed by atoms with Gasteiger partial charge in [0.05, 0.1) is 6.54 Å². The number of nitrogens with one attached hydrogen (secondary N) is 2. The molecule has 0 aliphatic carbocycles. The number of rotatable bonds is 5. The van der Waals surface area contributed by atoms with Gasteiger partial charge < -0.3 is 10.6 Å². The van der Waals surface area contributed by atoms with Crippen molar-refractivity contribution < 1.29 is 14.0 Å². The van der Waals surface area contributed by atoms with Gasteiger partial charge in [0.1, 0.15) is 17.2 Å². The second-order valence-electron chi connectivity index (χ2n) is 7.99. The van der Waals surface area contributed by atoms with Crippen LogP contribution in [0.3, 0.4) is 0 Å². The number of amides is 2. The Morgan fingerprint density at radius 3 is 2.47 bits per heavy atom. The Morgan fingerprint density at radius 1 is 1.13 bits per heavy atom. The van der Waals surface area contributed by atoms with Crippen molar-refractivity contribution in [1.82, 2.24) is 15.5 Å². The number of nitrogens with zero attached hydrogens (tertiary/aromatic N) is 2. The fourth-order valence-corrected chi connectivity index (χ4v) is 3.85. The van der Waals surface area contributed by atoms with Gasteiger partial charge in [0.15, 0.2) is 0 Å². The molecular formula is C23H25FN4O2. The van der Waals surface area contributed by atoms with Crippen LogP contribution in [0.5, 0.6) is 0 Å². The molecule has 1 saturated heterocycles. The molecule has 2 amide bonds. The molecule has 0 radical (unpaired) electrons. The summed E-state index contributed by atoms with van der Waals surface area (Å²) in [5.41, 5.74) is 2.60. The fraction of sp³-hybridized carbons (Fsp3) is 0.348. The lowest BCUT2D eigenvalue weighted by Gasteiger charge is -2.36. The van der Waals surface area contributed by atoms with E-state index in [-0.39, 0.29) is 17.6 Å². The molecule has 0 atom stereocenters. The molecule has 156 valence electrons. The maximum Gasteiger partial charge on any atom is 0.272 e. The summed E-state index contributed by atoms with van der Waals surface area (Å²) in [5, 5.41) is 5.95. The summed E-state index contributed by atoms with van der Waals surface area (Å²) in [5.74, 6) is -0.593. The molecule has 7 heteroatoms. The maximum atomic E-state index is 13.2. The lowest BCUT2D eigenvalue weighted by atomic mass is 9.98. The number of benzene rings is 2. The number of piperidine rings is 1. The summed E-state index contributed by atoms with van der Waals surface area (Å²) in [7, 11) is 0. The van der Waals surface area contributed by atoms with Gasteiger partial charge in [-0.05, 0) is 36.8 Å². The largest absolute Gasteiger partial charge is 0.351 e. The molecule has 2 aliphatic rings. The zero-order valence-electron chi connectivity index (χ0n) is 17.0. The van der Waals surface area contributed by atoms with Crippen molar-refractivity contribution in [3.63, 3.8) is 0 Å². The first kappa shape index (κ1) is 20.2. The quantitative estimate of drug-likeness (QED) is 0.796. The first-order valence-electron chi connectivity index (χ1n) is 10.2. The van der Waals surface area contributed by atoms with Gasteiger partial charge in [-0.3, -0.25) is 19.5 Å². The zero-order chi connectivity index (χ0) is 21.1. The first-order valence-corrected chi connectivity index (χ1v) is 10.2. The number of aliphatic imine (C=N–C) groups is 1. The van der Waals surface area contributed by atoms with Gasteiger partial charge in [-0.2, -0.15) is 0 Å². The van der Waals surface area contributed by atoms with Crippen molar-refractivity contribution in [3.05, 3.63) is 71.0 Å². The minimum absolute atomic E-state index is 0.0162. The highest BCUT2D eigenvalue weighted by Gasteiger charge is 2.42. The summed E-state index contributed by atoms with van der Waals surface area (Å²) in [6.45, 7) is 4.20. The van der Waals surface area contributed by atoms with E-state index < -0.39 is 5.66 Å². The van der Waals surface area contributed by atoms with Crippen molar-refractivity contribution in [3.8, 4) is 0 Å². The zero-order valence-corrected chi connectivity index (χ0v) is 17.0. The molecule has 2 heterocycles. The van der Waals surface area contributed by atoms with Gasteiger partial charge in [0, 0.05) is 38.0 Å². The highest BCUT2D eigenvalue weighted by molar-refractivity contribution is 6.46. The molecule has 2 N–H and O–H groups in total. The minimum atomic E-state index is -0.629. The molecule has 0 unspecified atom stereocenters. The third kappa shape index (κ3) is 4.57. The number of hydrogen-bond donors (Lipinski definition) is 2. The minimum Gasteiger partial charge on any atom is -0.351 e. The van der Waals surface area contributed by atoms with E-state index in [1.165, 1.54) is 17.7 Å². The highest BCUT2D eigenvalue weighted by atomic mass is 19.1. The van der Waals surface area contributed by atoms with E-state index in [9.17, 15) is 14.0 Å². The van der Waals surface area contributed by atoms with Crippen molar-refractivity contribution in [1.29, 1.82) is 0 Å². The third-order valence-electron chi connectivity index (χ3n) is 5.67. The molecule has 6 nitrogen and oxygen atoms in total. The highest BCUT2D eigenvalue weighted by Crippen LogP contribution is 2.28. The SMILES string of the molecule is Cc1ccc(CNC(=O)CN2CCC3(CC2)N=C(c2ccc(F)cc2)C(=O)N3)cc1. The smallest absolute Gasteiger partial charge is 0.272 e. The van der Waals surface area contributed by atoms with Crippen LogP contribution in [-0.2, 0) is 16.1 Å². The average Bonchev–Trinajstić information content (AvgIpc) is 3.06. The van der Waals surface area contributed by atoms with Crippen molar-refractivity contribution >= 4 is 17.5 Å². The second kappa shape index (κ2) is 8.36. The molecule has 0 aromatic heterocycles. The molecule has 0 bridgehead atoms. The molecule has 1 fully saturated rings. The van der Waals surface area contributed by atoms with Crippen LogP contribution < -0.4 is 10.6 Å². The Hall–Kier alpha value is -3.06. The van der Waals surface area contributed by atoms with E-state index in [0.717, 1.165) is 5.56 Å². The van der Waals surface area contributed by atoms with Crippen LogP contribution >= 0.6 is 0 Å². The molecule has 4 rings (SSSR count). The van der Waals surface area contributed by atoms with Gasteiger partial charge in [-0.25, -0.2) is 4.39 Å². The third-order valence-corrected chi connectivity index (χ3v) is 5.67. The number of aryl methyl sites for hydroxylation is 1. The van der Waals surface area contributed by atoms with E-state index in [0.29, 0.717) is 50.3 Å². The number of likely N-dealkylation sites (tertiary alicyclic amines) is 1. The predicted molar refractivity (Wildman–Crippen MR) is 113 cm³/mol. The molecule has 2 aliphatic heterocycles. The molecule has 30 heavy (non-hydrogen) atoms. The average molecular weight is 408 g/mol. The first-order chi connectivity index (χ1) is 14.4. The van der Waals surface area contributed by atoms with Gasteiger partial charge in [-0.1, -0.05) is 29.8 Å². The van der Waals surface area contributed by atoms with E-state index in [1.807, 2.05) is 31.2 Å². The van der Waals surface area contributed by atoms with Crippen molar-refractivity contribution in [2.45, 2.75) is 32.0 Å². The van der Waals surface area contributed by atoms with Gasteiger partial charge in [0.2, 0.25) is 5.91 Å². The Labute approximate surface area is 175 Å². The van der Waals surface area contributed by atoms with Crippen molar-refractivity contribution in [2.75, 3.05) is 19.6 Å². The standard InChI is InChI=1S/C23H25FN4O2/c1-16-2-4-17(5-3-16)14-25-20(29)15-28-12-10-23(11-13-28)26-21(22(30)27-23)18-6-8-19(24)9-7-18/h2-9H,10-15H2,1H3,(H,25,29)(H,27,30). The molecule has 0 saturated carbocycles. The number of carbonyl (C=O) groups excluding carboxylic acids is 2. The van der Waals surface area contributed by atoms with Gasteiger partial charge >= 0.3 is 0 Å².